The van der Waals surface area contributed by atoms with Crippen LogP contribution in [0.2, 0.25) is 0 Å². The van der Waals surface area contributed by atoms with Crippen LogP contribution in [0.3, 0.4) is 0 Å². The third-order valence-corrected chi connectivity index (χ3v) is 5.85. The Morgan fingerprint density at radius 2 is 1.64 bits per heavy atom. The zero-order valence-electron chi connectivity index (χ0n) is 15.0. The number of benzene rings is 3. The lowest BCUT2D eigenvalue weighted by Crippen LogP contribution is -2.25. The van der Waals surface area contributed by atoms with Crippen LogP contribution in [-0.4, -0.2) is 17.2 Å². The van der Waals surface area contributed by atoms with Crippen LogP contribution in [0.15, 0.2) is 88.4 Å². The van der Waals surface area contributed by atoms with Crippen LogP contribution in [0.4, 0.5) is 0 Å². The lowest BCUT2D eigenvalue weighted by molar-refractivity contribution is -0.122. The third-order valence-electron chi connectivity index (χ3n) is 5.22. The van der Waals surface area contributed by atoms with E-state index in [0.717, 1.165) is 23.1 Å². The molecule has 1 aliphatic rings. The molecule has 3 aromatic rings. The van der Waals surface area contributed by atoms with Crippen molar-refractivity contribution in [2.24, 2.45) is 11.0 Å². The van der Waals surface area contributed by atoms with Crippen molar-refractivity contribution in [3.05, 3.63) is 100 Å². The van der Waals surface area contributed by atoms with Crippen molar-refractivity contribution in [3.8, 4) is 5.75 Å². The van der Waals surface area contributed by atoms with Gasteiger partial charge in [0.1, 0.15) is 5.75 Å². The molecule has 1 atom stereocenters. The summed E-state index contributed by atoms with van der Waals surface area (Å²) in [7, 11) is 0. The number of aromatic hydroxyl groups is 1. The summed E-state index contributed by atoms with van der Waals surface area (Å²) in [6.45, 7) is 0. The Hall–Kier alpha value is -2.92. The second-order valence-corrected chi connectivity index (χ2v) is 7.76. The van der Waals surface area contributed by atoms with Gasteiger partial charge in [-0.15, -0.1) is 0 Å². The molecule has 28 heavy (non-hydrogen) atoms. The molecule has 1 saturated carbocycles. The maximum atomic E-state index is 12.8. The SMILES string of the molecule is O=C(NN=Cc1ccc(O)c(Br)c1)[C@@H]1CC1(c1ccccc1)c1ccccc1. The second kappa shape index (κ2) is 7.60. The second-order valence-electron chi connectivity index (χ2n) is 6.91. The Kier molecular flexibility index (Phi) is 5.01. The summed E-state index contributed by atoms with van der Waals surface area (Å²) >= 11 is 3.27. The molecule has 0 aliphatic heterocycles. The van der Waals surface area contributed by atoms with E-state index in [1.165, 1.54) is 0 Å². The summed E-state index contributed by atoms with van der Waals surface area (Å²) in [5.74, 6) is -0.0996. The first kappa shape index (κ1) is 18.4. The highest BCUT2D eigenvalue weighted by Crippen LogP contribution is 2.58. The maximum Gasteiger partial charge on any atom is 0.244 e. The quantitative estimate of drug-likeness (QED) is 0.454. The molecular weight excluding hydrogens is 416 g/mol. The maximum absolute atomic E-state index is 12.8. The summed E-state index contributed by atoms with van der Waals surface area (Å²) in [4.78, 5) is 12.8. The molecule has 3 aromatic carbocycles. The Labute approximate surface area is 172 Å². The van der Waals surface area contributed by atoms with Gasteiger partial charge in [-0.2, -0.15) is 5.10 Å². The average molecular weight is 435 g/mol. The Morgan fingerprint density at radius 1 is 1.04 bits per heavy atom. The summed E-state index contributed by atoms with van der Waals surface area (Å²) < 4.78 is 0.581. The molecule has 0 radical (unpaired) electrons. The molecule has 140 valence electrons. The van der Waals surface area contributed by atoms with E-state index in [9.17, 15) is 9.90 Å². The number of hydrogen-bond donors (Lipinski definition) is 2. The van der Waals surface area contributed by atoms with E-state index in [1.807, 2.05) is 36.4 Å². The number of halogens is 1. The molecule has 0 aromatic heterocycles. The highest BCUT2D eigenvalue weighted by molar-refractivity contribution is 9.10. The first-order valence-corrected chi connectivity index (χ1v) is 9.83. The molecule has 0 spiro atoms. The normalized spacial score (nSPS) is 17.4. The van der Waals surface area contributed by atoms with Crippen molar-refractivity contribution >= 4 is 28.1 Å². The van der Waals surface area contributed by atoms with Crippen LogP contribution in [0, 0.1) is 5.92 Å². The lowest BCUT2D eigenvalue weighted by atomic mass is 9.85. The highest BCUT2D eigenvalue weighted by atomic mass is 79.9. The van der Waals surface area contributed by atoms with Crippen LogP contribution in [0.1, 0.15) is 23.1 Å². The van der Waals surface area contributed by atoms with Crippen LogP contribution in [0.25, 0.3) is 0 Å². The van der Waals surface area contributed by atoms with Gasteiger partial charge in [0.2, 0.25) is 5.91 Å². The molecule has 5 heteroatoms. The van der Waals surface area contributed by atoms with Gasteiger partial charge in [-0.3, -0.25) is 4.79 Å². The molecule has 4 nitrogen and oxygen atoms in total. The fraction of sp³-hybridized carbons (Fsp3) is 0.130. The fourth-order valence-electron chi connectivity index (χ4n) is 3.71. The van der Waals surface area contributed by atoms with E-state index in [-0.39, 0.29) is 23.0 Å². The minimum absolute atomic E-state index is 0.0956. The number of phenolic OH excluding ortho intramolecular Hbond substituents is 1. The van der Waals surface area contributed by atoms with Crippen molar-refractivity contribution in [2.45, 2.75) is 11.8 Å². The number of nitrogens with one attached hydrogen (secondary N) is 1. The lowest BCUT2D eigenvalue weighted by Gasteiger charge is -2.18. The van der Waals surface area contributed by atoms with E-state index in [2.05, 4.69) is 50.7 Å². The molecule has 1 aliphatic carbocycles. The Bertz CT molecular complexity index is 980. The first-order chi connectivity index (χ1) is 13.6. The molecule has 4 rings (SSSR count). The fourth-order valence-corrected chi connectivity index (χ4v) is 4.10. The first-order valence-electron chi connectivity index (χ1n) is 9.04. The van der Waals surface area contributed by atoms with E-state index >= 15 is 0 Å². The van der Waals surface area contributed by atoms with Gasteiger partial charge in [0.15, 0.2) is 0 Å². The van der Waals surface area contributed by atoms with E-state index < -0.39 is 0 Å². The minimum atomic E-state index is -0.302. The predicted molar refractivity (Wildman–Crippen MR) is 113 cm³/mol. The molecule has 1 fully saturated rings. The van der Waals surface area contributed by atoms with Crippen LogP contribution in [0.5, 0.6) is 5.75 Å². The number of hydrazone groups is 1. The monoisotopic (exact) mass is 434 g/mol. The number of carbonyl (C=O) groups is 1. The van der Waals surface area contributed by atoms with Gasteiger partial charge in [0.05, 0.1) is 16.6 Å². The molecule has 0 bridgehead atoms. The van der Waals surface area contributed by atoms with Crippen molar-refractivity contribution in [3.63, 3.8) is 0 Å². The van der Waals surface area contributed by atoms with Crippen LogP contribution >= 0.6 is 15.9 Å². The Morgan fingerprint density at radius 3 is 2.21 bits per heavy atom. The van der Waals surface area contributed by atoms with Gasteiger partial charge in [-0.1, -0.05) is 60.7 Å². The molecule has 0 saturated heterocycles. The van der Waals surface area contributed by atoms with Gasteiger partial charge in [-0.05, 0) is 57.2 Å². The summed E-state index contributed by atoms with van der Waals surface area (Å²) in [6, 6.07) is 25.4. The highest BCUT2D eigenvalue weighted by Gasteiger charge is 2.60. The van der Waals surface area contributed by atoms with Gasteiger partial charge in [-0.25, -0.2) is 5.43 Å². The smallest absolute Gasteiger partial charge is 0.244 e. The van der Waals surface area contributed by atoms with Crippen molar-refractivity contribution < 1.29 is 9.90 Å². The molecular formula is C23H19BrN2O2. The minimum Gasteiger partial charge on any atom is -0.507 e. The van der Waals surface area contributed by atoms with E-state index in [0.29, 0.717) is 4.47 Å². The molecule has 0 unspecified atom stereocenters. The average Bonchev–Trinajstić information content (AvgIpc) is 3.49. The zero-order chi connectivity index (χ0) is 19.6. The van der Waals surface area contributed by atoms with Crippen molar-refractivity contribution in [1.29, 1.82) is 0 Å². The summed E-state index contributed by atoms with van der Waals surface area (Å²) in [6.07, 6.45) is 2.32. The number of phenols is 1. The Balaban J connectivity index is 1.53. The molecule has 0 heterocycles. The van der Waals surface area contributed by atoms with Gasteiger partial charge < -0.3 is 5.11 Å². The zero-order valence-corrected chi connectivity index (χ0v) is 16.6. The standard InChI is InChI=1S/C23H19BrN2O2/c24-20-13-16(11-12-21(20)27)15-25-26-22(28)19-14-23(19,17-7-3-1-4-8-17)18-9-5-2-6-10-18/h1-13,15,19,27H,14H2,(H,26,28)/t19-/m0/s1. The summed E-state index contributed by atoms with van der Waals surface area (Å²) in [5.41, 5.74) is 5.44. The van der Waals surface area contributed by atoms with E-state index in [4.69, 9.17) is 0 Å². The third kappa shape index (κ3) is 3.45. The molecule has 1 amide bonds. The van der Waals surface area contributed by atoms with Gasteiger partial charge in [0, 0.05) is 5.41 Å². The predicted octanol–water partition coefficient (Wildman–Crippen LogP) is 4.61. The van der Waals surface area contributed by atoms with Gasteiger partial charge >= 0.3 is 0 Å². The van der Waals surface area contributed by atoms with Crippen LogP contribution < -0.4 is 5.43 Å². The molecule has 2 N–H and O–H groups in total. The number of hydrogen-bond acceptors (Lipinski definition) is 3. The van der Waals surface area contributed by atoms with Crippen LogP contribution in [-0.2, 0) is 10.2 Å². The topological polar surface area (TPSA) is 61.7 Å². The van der Waals surface area contributed by atoms with Gasteiger partial charge in [0.25, 0.3) is 0 Å². The van der Waals surface area contributed by atoms with E-state index in [1.54, 1.807) is 24.4 Å². The van der Waals surface area contributed by atoms with Crippen molar-refractivity contribution in [2.75, 3.05) is 0 Å². The largest absolute Gasteiger partial charge is 0.507 e. The number of rotatable bonds is 5. The van der Waals surface area contributed by atoms with Crippen molar-refractivity contribution in [1.82, 2.24) is 5.43 Å². The summed E-state index contributed by atoms with van der Waals surface area (Å²) in [5, 5.41) is 13.7. The number of nitrogens with zero attached hydrogens (tertiary/aromatic N) is 1. The number of carbonyl (C=O) groups excluding carboxylic acids is 1. The number of amides is 1.